The predicted octanol–water partition coefficient (Wildman–Crippen LogP) is 2.67. The van der Waals surface area contributed by atoms with Crippen molar-refractivity contribution in [2.45, 2.75) is 24.9 Å². The van der Waals surface area contributed by atoms with Gasteiger partial charge in [0.1, 0.15) is 0 Å². The minimum absolute atomic E-state index is 0.392. The first-order chi connectivity index (χ1) is 7.64. The van der Waals surface area contributed by atoms with Crippen LogP contribution in [-0.2, 0) is 11.2 Å². The fraction of sp³-hybridized carbons (Fsp3) is 0.538. The molecule has 1 unspecified atom stereocenters. The number of hydrogen-bond acceptors (Lipinski definition) is 2. The Morgan fingerprint density at radius 1 is 1.38 bits per heavy atom. The first-order valence-corrected chi connectivity index (χ1v) is 5.97. The first kappa shape index (κ1) is 11.9. The fourth-order valence-electron chi connectivity index (χ4n) is 2.14. The third kappa shape index (κ3) is 2.76. The molecule has 0 spiro atoms. The maximum Gasteiger partial charge on any atom is 0.0947 e. The highest BCUT2D eigenvalue weighted by Gasteiger charge is 2.43. The van der Waals surface area contributed by atoms with Gasteiger partial charge in [0, 0.05) is 18.6 Å². The van der Waals surface area contributed by atoms with E-state index in [1.54, 1.807) is 7.11 Å². The van der Waals surface area contributed by atoms with Gasteiger partial charge < -0.3 is 9.84 Å². The molecule has 16 heavy (non-hydrogen) atoms. The second kappa shape index (κ2) is 4.74. The lowest BCUT2D eigenvalue weighted by atomic mass is 9.90. The van der Waals surface area contributed by atoms with Crippen LogP contribution in [0.1, 0.15) is 18.4 Å². The zero-order valence-corrected chi connectivity index (χ0v) is 10.2. The Bertz CT molecular complexity index is 345. The summed E-state index contributed by atoms with van der Waals surface area (Å²) in [5.41, 5.74) is 0.401. The van der Waals surface area contributed by atoms with Crippen LogP contribution in [0.3, 0.4) is 0 Å². The zero-order chi connectivity index (χ0) is 11.6. The van der Waals surface area contributed by atoms with Crippen molar-refractivity contribution in [1.29, 1.82) is 0 Å². The van der Waals surface area contributed by atoms with Gasteiger partial charge in [0.25, 0.3) is 0 Å². The Balaban J connectivity index is 2.07. The Hall–Kier alpha value is -0.570. The van der Waals surface area contributed by atoms with Crippen molar-refractivity contribution in [3.8, 4) is 0 Å². The summed E-state index contributed by atoms with van der Waals surface area (Å²) in [5.74, 6) is 0.392. The SMILES string of the molecule is COCC(O)(Cc1ccc(Cl)cc1)C1CC1. The summed E-state index contributed by atoms with van der Waals surface area (Å²) in [4.78, 5) is 0. The molecule has 0 bridgehead atoms. The highest BCUT2D eigenvalue weighted by Crippen LogP contribution is 2.41. The lowest BCUT2D eigenvalue weighted by Crippen LogP contribution is -2.39. The molecule has 1 atom stereocenters. The highest BCUT2D eigenvalue weighted by atomic mass is 35.5. The van der Waals surface area contributed by atoms with E-state index < -0.39 is 5.60 Å². The summed E-state index contributed by atoms with van der Waals surface area (Å²) >= 11 is 5.83. The molecule has 1 aromatic carbocycles. The number of rotatable bonds is 5. The summed E-state index contributed by atoms with van der Waals surface area (Å²) in [6, 6.07) is 7.64. The van der Waals surface area contributed by atoms with E-state index in [4.69, 9.17) is 16.3 Å². The fourth-order valence-corrected chi connectivity index (χ4v) is 2.27. The van der Waals surface area contributed by atoms with Crippen LogP contribution in [0.4, 0.5) is 0 Å². The minimum Gasteiger partial charge on any atom is -0.387 e. The summed E-state index contributed by atoms with van der Waals surface area (Å²) in [5, 5.41) is 11.2. The smallest absolute Gasteiger partial charge is 0.0947 e. The van der Waals surface area contributed by atoms with Gasteiger partial charge in [-0.25, -0.2) is 0 Å². The number of methoxy groups -OCH3 is 1. The number of benzene rings is 1. The van der Waals surface area contributed by atoms with Crippen LogP contribution in [0, 0.1) is 5.92 Å². The molecule has 0 radical (unpaired) electrons. The molecule has 88 valence electrons. The van der Waals surface area contributed by atoms with E-state index in [2.05, 4.69) is 0 Å². The van der Waals surface area contributed by atoms with E-state index in [1.165, 1.54) is 0 Å². The lowest BCUT2D eigenvalue weighted by Gasteiger charge is -2.27. The quantitative estimate of drug-likeness (QED) is 0.858. The Labute approximate surface area is 101 Å². The third-order valence-electron chi connectivity index (χ3n) is 3.16. The molecule has 1 aliphatic rings. The molecule has 0 amide bonds. The molecule has 0 heterocycles. The number of halogens is 1. The van der Waals surface area contributed by atoms with Gasteiger partial charge in [-0.05, 0) is 36.5 Å². The van der Waals surface area contributed by atoms with Crippen LogP contribution in [-0.4, -0.2) is 24.4 Å². The van der Waals surface area contributed by atoms with Crippen molar-refractivity contribution >= 4 is 11.6 Å². The molecule has 0 aliphatic heterocycles. The Kier molecular flexibility index (Phi) is 3.53. The molecule has 0 aromatic heterocycles. The van der Waals surface area contributed by atoms with E-state index in [0.717, 1.165) is 23.4 Å². The summed E-state index contributed by atoms with van der Waals surface area (Å²) in [6.07, 6.45) is 2.85. The topological polar surface area (TPSA) is 29.5 Å². The zero-order valence-electron chi connectivity index (χ0n) is 9.45. The van der Waals surface area contributed by atoms with Gasteiger partial charge in [0.15, 0.2) is 0 Å². The number of ether oxygens (including phenoxy) is 1. The second-order valence-electron chi connectivity index (χ2n) is 4.61. The average Bonchev–Trinajstić information content (AvgIpc) is 3.05. The third-order valence-corrected chi connectivity index (χ3v) is 3.41. The van der Waals surface area contributed by atoms with E-state index in [9.17, 15) is 5.11 Å². The largest absolute Gasteiger partial charge is 0.387 e. The van der Waals surface area contributed by atoms with Crippen molar-refractivity contribution in [3.05, 3.63) is 34.9 Å². The van der Waals surface area contributed by atoms with E-state index >= 15 is 0 Å². The van der Waals surface area contributed by atoms with Gasteiger partial charge >= 0.3 is 0 Å². The summed E-state index contributed by atoms with van der Waals surface area (Å²) in [6.45, 7) is 0.403. The Morgan fingerprint density at radius 3 is 2.50 bits per heavy atom. The van der Waals surface area contributed by atoms with Crippen LogP contribution in [0.25, 0.3) is 0 Å². The van der Waals surface area contributed by atoms with Gasteiger partial charge in [-0.3, -0.25) is 0 Å². The van der Waals surface area contributed by atoms with E-state index in [0.29, 0.717) is 18.9 Å². The van der Waals surface area contributed by atoms with Crippen LogP contribution < -0.4 is 0 Å². The van der Waals surface area contributed by atoms with Crippen molar-refractivity contribution in [3.63, 3.8) is 0 Å². The minimum atomic E-state index is -0.706. The van der Waals surface area contributed by atoms with Gasteiger partial charge in [0.2, 0.25) is 0 Å². The maximum atomic E-state index is 10.5. The van der Waals surface area contributed by atoms with Gasteiger partial charge in [-0.2, -0.15) is 0 Å². The second-order valence-corrected chi connectivity index (χ2v) is 5.05. The standard InChI is InChI=1S/C13H17ClO2/c1-16-9-13(15,11-4-5-11)8-10-2-6-12(14)7-3-10/h2-3,6-7,11,15H,4-5,8-9H2,1H3. The van der Waals surface area contributed by atoms with Gasteiger partial charge in [-0.1, -0.05) is 23.7 Å². The van der Waals surface area contributed by atoms with Crippen molar-refractivity contribution in [2.75, 3.05) is 13.7 Å². The maximum absolute atomic E-state index is 10.5. The number of aliphatic hydroxyl groups is 1. The van der Waals surface area contributed by atoms with E-state index in [-0.39, 0.29) is 0 Å². The van der Waals surface area contributed by atoms with Gasteiger partial charge in [-0.15, -0.1) is 0 Å². The van der Waals surface area contributed by atoms with Crippen LogP contribution in [0.2, 0.25) is 5.02 Å². The summed E-state index contributed by atoms with van der Waals surface area (Å²) in [7, 11) is 1.63. The average molecular weight is 241 g/mol. The van der Waals surface area contributed by atoms with Gasteiger partial charge in [0.05, 0.1) is 12.2 Å². The molecule has 2 rings (SSSR count). The Morgan fingerprint density at radius 2 is 2.00 bits per heavy atom. The molecular formula is C13H17ClO2. The summed E-state index contributed by atoms with van der Waals surface area (Å²) < 4.78 is 5.13. The molecule has 1 aliphatic carbocycles. The molecule has 1 aromatic rings. The normalized spacial score (nSPS) is 19.4. The first-order valence-electron chi connectivity index (χ1n) is 5.60. The van der Waals surface area contributed by atoms with Crippen LogP contribution >= 0.6 is 11.6 Å². The molecular weight excluding hydrogens is 224 g/mol. The lowest BCUT2D eigenvalue weighted by molar-refractivity contribution is -0.0474. The number of hydrogen-bond donors (Lipinski definition) is 1. The van der Waals surface area contributed by atoms with Crippen molar-refractivity contribution in [1.82, 2.24) is 0 Å². The van der Waals surface area contributed by atoms with Crippen LogP contribution in [0.5, 0.6) is 0 Å². The highest BCUT2D eigenvalue weighted by molar-refractivity contribution is 6.30. The molecule has 3 heteroatoms. The monoisotopic (exact) mass is 240 g/mol. The van der Waals surface area contributed by atoms with Crippen molar-refractivity contribution in [2.24, 2.45) is 5.92 Å². The molecule has 2 nitrogen and oxygen atoms in total. The molecule has 1 N–H and O–H groups in total. The van der Waals surface area contributed by atoms with E-state index in [1.807, 2.05) is 24.3 Å². The molecule has 1 saturated carbocycles. The molecule has 1 fully saturated rings. The van der Waals surface area contributed by atoms with Crippen molar-refractivity contribution < 1.29 is 9.84 Å². The van der Waals surface area contributed by atoms with Crippen LogP contribution in [0.15, 0.2) is 24.3 Å². The molecule has 0 saturated heterocycles. The predicted molar refractivity (Wildman–Crippen MR) is 64.7 cm³/mol.